The number of nitriles is 1. The molecule has 2 aromatic carbocycles. The standard InChI is InChI=1S/C18H14F3N5S/c1-12-2-4-13(5-3-12)16-10-17(18(19,20)21)25-26(16)14-6-8-15(9-7-14)27(23)24-11-22/h2-10H,1H3,(H2,23,24). The first kappa shape index (κ1) is 18.8. The number of halogens is 3. The molecule has 3 aromatic rings. The molecular formula is C18H14F3N5S. The number of hydrogen-bond donors (Lipinski definition) is 1. The van der Waals surface area contributed by atoms with Crippen molar-refractivity contribution in [1.29, 1.82) is 5.26 Å². The van der Waals surface area contributed by atoms with E-state index in [2.05, 4.69) is 9.46 Å². The molecule has 5 nitrogen and oxygen atoms in total. The van der Waals surface area contributed by atoms with Crippen LogP contribution in [0.5, 0.6) is 0 Å². The highest BCUT2D eigenvalue weighted by Crippen LogP contribution is 2.33. The van der Waals surface area contributed by atoms with Crippen molar-refractivity contribution in [2.45, 2.75) is 18.0 Å². The van der Waals surface area contributed by atoms with Gasteiger partial charge in [0.1, 0.15) is 0 Å². The Morgan fingerprint density at radius 2 is 1.74 bits per heavy atom. The number of nitrogens with two attached hydrogens (primary N) is 1. The highest BCUT2D eigenvalue weighted by Gasteiger charge is 2.35. The molecule has 0 amide bonds. The predicted molar refractivity (Wildman–Crippen MR) is 96.6 cm³/mol. The zero-order valence-electron chi connectivity index (χ0n) is 14.1. The number of nitrogens with zero attached hydrogens (tertiary/aromatic N) is 4. The van der Waals surface area contributed by atoms with Crippen LogP contribution in [-0.2, 0) is 17.1 Å². The van der Waals surface area contributed by atoms with E-state index in [4.69, 9.17) is 10.4 Å². The highest BCUT2D eigenvalue weighted by atomic mass is 32.2. The van der Waals surface area contributed by atoms with E-state index >= 15 is 0 Å². The van der Waals surface area contributed by atoms with E-state index in [9.17, 15) is 13.2 Å². The predicted octanol–water partition coefficient (Wildman–Crippen LogP) is 4.38. The van der Waals surface area contributed by atoms with Gasteiger partial charge in [-0.2, -0.15) is 23.5 Å². The van der Waals surface area contributed by atoms with E-state index in [1.165, 1.54) is 4.68 Å². The summed E-state index contributed by atoms with van der Waals surface area (Å²) in [5.74, 6) is 0. The Bertz CT molecular complexity index is 1030. The molecular weight excluding hydrogens is 375 g/mol. The van der Waals surface area contributed by atoms with Crippen LogP contribution in [0.15, 0.2) is 63.9 Å². The number of hydrogen-bond acceptors (Lipinski definition) is 3. The number of rotatable bonds is 3. The average molecular weight is 389 g/mol. The maximum atomic E-state index is 13.2. The fourth-order valence-electron chi connectivity index (χ4n) is 2.47. The summed E-state index contributed by atoms with van der Waals surface area (Å²) in [4.78, 5) is 0.598. The third kappa shape index (κ3) is 4.07. The Hall–Kier alpha value is -2.96. The second kappa shape index (κ2) is 7.34. The maximum Gasteiger partial charge on any atom is 0.435 e. The average Bonchev–Trinajstić information content (AvgIpc) is 3.08. The molecule has 0 spiro atoms. The van der Waals surface area contributed by atoms with Crippen LogP contribution in [0.3, 0.4) is 0 Å². The topological polar surface area (TPSA) is 80.0 Å². The smallest absolute Gasteiger partial charge is 0.264 e. The minimum Gasteiger partial charge on any atom is -0.264 e. The van der Waals surface area contributed by atoms with E-state index in [0.29, 0.717) is 21.8 Å². The van der Waals surface area contributed by atoms with Gasteiger partial charge in [0.2, 0.25) is 6.19 Å². The van der Waals surface area contributed by atoms with Crippen molar-refractivity contribution in [3.63, 3.8) is 0 Å². The van der Waals surface area contributed by atoms with Crippen molar-refractivity contribution in [1.82, 2.24) is 9.78 Å². The molecule has 1 atom stereocenters. The lowest BCUT2D eigenvalue weighted by Gasteiger charge is -2.09. The molecule has 1 unspecified atom stereocenters. The fraction of sp³-hybridized carbons (Fsp3) is 0.111. The van der Waals surface area contributed by atoms with Crippen molar-refractivity contribution in [2.75, 3.05) is 0 Å². The van der Waals surface area contributed by atoms with Gasteiger partial charge in [-0.1, -0.05) is 29.8 Å². The Morgan fingerprint density at radius 3 is 2.30 bits per heavy atom. The van der Waals surface area contributed by atoms with E-state index in [0.717, 1.165) is 11.6 Å². The van der Waals surface area contributed by atoms with E-state index in [1.54, 1.807) is 42.6 Å². The van der Waals surface area contributed by atoms with Crippen LogP contribution in [0.25, 0.3) is 16.9 Å². The van der Waals surface area contributed by atoms with Gasteiger partial charge in [-0.15, -0.1) is 4.36 Å². The summed E-state index contributed by atoms with van der Waals surface area (Å²) >= 11 is 0. The van der Waals surface area contributed by atoms with Crippen LogP contribution in [0, 0.1) is 18.4 Å². The summed E-state index contributed by atoms with van der Waals surface area (Å²) in [5, 5.41) is 18.1. The summed E-state index contributed by atoms with van der Waals surface area (Å²) in [7, 11) is -1.10. The third-order valence-corrected chi connectivity index (χ3v) is 4.84. The van der Waals surface area contributed by atoms with Crippen LogP contribution in [-0.4, -0.2) is 9.78 Å². The van der Waals surface area contributed by atoms with Crippen LogP contribution >= 0.6 is 0 Å². The molecule has 27 heavy (non-hydrogen) atoms. The van der Waals surface area contributed by atoms with Gasteiger partial charge in [0.15, 0.2) is 5.69 Å². The van der Waals surface area contributed by atoms with Crippen molar-refractivity contribution in [3.05, 3.63) is 65.9 Å². The van der Waals surface area contributed by atoms with Gasteiger partial charge in [0.05, 0.1) is 11.4 Å². The van der Waals surface area contributed by atoms with Crippen LogP contribution in [0.1, 0.15) is 11.3 Å². The summed E-state index contributed by atoms with van der Waals surface area (Å²) < 4.78 is 44.4. The fourth-order valence-corrected chi connectivity index (χ4v) is 3.08. The number of aryl methyl sites for hydroxylation is 1. The van der Waals surface area contributed by atoms with Crippen LogP contribution in [0.4, 0.5) is 13.2 Å². The van der Waals surface area contributed by atoms with Crippen molar-refractivity contribution in [3.8, 4) is 23.1 Å². The van der Waals surface area contributed by atoms with Crippen molar-refractivity contribution in [2.24, 2.45) is 9.50 Å². The molecule has 0 fully saturated rings. The zero-order valence-corrected chi connectivity index (χ0v) is 14.9. The minimum absolute atomic E-state index is 0.323. The number of benzene rings is 2. The molecule has 0 aliphatic rings. The molecule has 0 aliphatic heterocycles. The molecule has 0 aliphatic carbocycles. The second-order valence-electron chi connectivity index (χ2n) is 5.69. The van der Waals surface area contributed by atoms with Gasteiger partial charge >= 0.3 is 6.18 Å². The Kier molecular flexibility index (Phi) is 5.12. The quantitative estimate of drug-likeness (QED) is 0.675. The van der Waals surface area contributed by atoms with Crippen LogP contribution in [0.2, 0.25) is 0 Å². The largest absolute Gasteiger partial charge is 0.435 e. The van der Waals surface area contributed by atoms with Gasteiger partial charge in [0.25, 0.3) is 0 Å². The third-order valence-electron chi connectivity index (χ3n) is 3.81. The lowest BCUT2D eigenvalue weighted by atomic mass is 10.1. The van der Waals surface area contributed by atoms with E-state index in [-0.39, 0.29) is 0 Å². The highest BCUT2D eigenvalue weighted by molar-refractivity contribution is 7.85. The molecule has 0 radical (unpaired) electrons. The van der Waals surface area contributed by atoms with Gasteiger partial charge in [0, 0.05) is 21.3 Å². The molecule has 0 saturated carbocycles. The normalized spacial score (nSPS) is 12.7. The molecule has 138 valence electrons. The van der Waals surface area contributed by atoms with Crippen molar-refractivity contribution < 1.29 is 13.2 Å². The first-order chi connectivity index (χ1) is 12.8. The molecule has 3 rings (SSSR count). The SMILES string of the molecule is Cc1ccc(-c2cc(C(F)(F)F)nn2-c2ccc(/S(N)=N/C#N)cc2)cc1. The monoisotopic (exact) mass is 389 g/mol. The second-order valence-corrected chi connectivity index (χ2v) is 6.97. The Balaban J connectivity index is 2.11. The maximum absolute atomic E-state index is 13.2. The Morgan fingerprint density at radius 1 is 1.11 bits per heavy atom. The summed E-state index contributed by atoms with van der Waals surface area (Å²) in [6.07, 6.45) is -2.92. The first-order valence-electron chi connectivity index (χ1n) is 7.73. The molecule has 0 saturated heterocycles. The number of alkyl halides is 3. The lowest BCUT2D eigenvalue weighted by molar-refractivity contribution is -0.141. The first-order valence-corrected chi connectivity index (χ1v) is 8.97. The van der Waals surface area contributed by atoms with Gasteiger partial charge in [-0.05, 0) is 37.3 Å². The Labute approximate surface area is 156 Å². The van der Waals surface area contributed by atoms with E-state index in [1.807, 2.05) is 19.1 Å². The summed E-state index contributed by atoms with van der Waals surface area (Å²) in [5.41, 5.74) is 1.41. The molecule has 0 bridgehead atoms. The van der Waals surface area contributed by atoms with Crippen LogP contribution < -0.4 is 5.14 Å². The molecule has 9 heteroatoms. The molecule has 1 heterocycles. The van der Waals surface area contributed by atoms with Gasteiger partial charge in [-0.3, -0.25) is 5.14 Å². The van der Waals surface area contributed by atoms with Gasteiger partial charge < -0.3 is 0 Å². The number of aromatic nitrogens is 2. The zero-order chi connectivity index (χ0) is 19.6. The molecule has 2 N–H and O–H groups in total. The van der Waals surface area contributed by atoms with Gasteiger partial charge in [-0.25, -0.2) is 4.68 Å². The minimum atomic E-state index is -4.56. The van der Waals surface area contributed by atoms with E-state index < -0.39 is 22.7 Å². The lowest BCUT2D eigenvalue weighted by Crippen LogP contribution is -2.08. The molecule has 1 aromatic heterocycles. The van der Waals surface area contributed by atoms with Crippen molar-refractivity contribution >= 4 is 10.9 Å². The summed E-state index contributed by atoms with van der Waals surface area (Å²) in [6.45, 7) is 1.90. The summed E-state index contributed by atoms with van der Waals surface area (Å²) in [6, 6.07) is 14.6.